The average Bonchev–Trinajstić information content (AvgIpc) is 2.53. The molecule has 13 heavy (non-hydrogen) atoms. The normalized spacial score (nSPS) is 33.2. The molecule has 2 aliphatic rings. The van der Waals surface area contributed by atoms with Crippen LogP contribution >= 0.6 is 0 Å². The van der Waals surface area contributed by atoms with Crippen LogP contribution in [0.1, 0.15) is 26.7 Å². The first-order valence-electron chi connectivity index (χ1n) is 5.33. The second-order valence-corrected chi connectivity index (χ2v) is 4.83. The predicted octanol–water partition coefficient (Wildman–Crippen LogP) is 1.59. The molecular formula is C11H20N2. The minimum absolute atomic E-state index is 0.314. The average molecular weight is 180 g/mol. The molecule has 1 atom stereocenters. The standard InChI is InChI=1S/C11H20N2/c1-9(2)7-13-8-11(10(13)3)5-4-6-12-11/h9,12H,3-8H2,1-2H3. The summed E-state index contributed by atoms with van der Waals surface area (Å²) in [6.45, 7) is 12.3. The summed E-state index contributed by atoms with van der Waals surface area (Å²) in [5.41, 5.74) is 1.65. The minimum Gasteiger partial charge on any atom is -0.371 e. The quantitative estimate of drug-likeness (QED) is 0.694. The van der Waals surface area contributed by atoms with Crippen LogP contribution in [0.5, 0.6) is 0 Å². The van der Waals surface area contributed by atoms with E-state index < -0.39 is 0 Å². The molecule has 0 radical (unpaired) electrons. The molecule has 0 amide bonds. The Morgan fingerprint density at radius 2 is 2.38 bits per heavy atom. The highest BCUT2D eigenvalue weighted by atomic mass is 15.3. The van der Waals surface area contributed by atoms with E-state index in [-0.39, 0.29) is 0 Å². The van der Waals surface area contributed by atoms with Crippen LogP contribution in [-0.4, -0.2) is 30.1 Å². The maximum atomic E-state index is 4.19. The zero-order chi connectivity index (χ0) is 9.47. The number of nitrogens with one attached hydrogen (secondary N) is 1. The molecule has 0 aromatic heterocycles. The van der Waals surface area contributed by atoms with Gasteiger partial charge in [0.1, 0.15) is 0 Å². The first kappa shape index (κ1) is 9.07. The molecule has 1 spiro atoms. The zero-order valence-electron chi connectivity index (χ0n) is 8.77. The van der Waals surface area contributed by atoms with Gasteiger partial charge in [-0.05, 0) is 25.3 Å². The van der Waals surface area contributed by atoms with Gasteiger partial charge < -0.3 is 10.2 Å². The summed E-state index contributed by atoms with van der Waals surface area (Å²) < 4.78 is 0. The van der Waals surface area contributed by atoms with Gasteiger partial charge in [0.2, 0.25) is 0 Å². The Labute approximate surface area is 81.0 Å². The van der Waals surface area contributed by atoms with Gasteiger partial charge in [0.25, 0.3) is 0 Å². The number of hydrogen-bond donors (Lipinski definition) is 1. The molecule has 2 aliphatic heterocycles. The Kier molecular flexibility index (Phi) is 2.11. The van der Waals surface area contributed by atoms with E-state index in [9.17, 15) is 0 Å². The van der Waals surface area contributed by atoms with Gasteiger partial charge in [0, 0.05) is 18.8 Å². The van der Waals surface area contributed by atoms with Crippen molar-refractivity contribution in [3.8, 4) is 0 Å². The van der Waals surface area contributed by atoms with Gasteiger partial charge in [0.05, 0.1) is 5.54 Å². The fraction of sp³-hybridized carbons (Fsp3) is 0.818. The van der Waals surface area contributed by atoms with Crippen molar-refractivity contribution in [2.45, 2.75) is 32.2 Å². The monoisotopic (exact) mass is 180 g/mol. The van der Waals surface area contributed by atoms with Crippen molar-refractivity contribution in [2.24, 2.45) is 5.92 Å². The van der Waals surface area contributed by atoms with Gasteiger partial charge in [-0.1, -0.05) is 20.4 Å². The summed E-state index contributed by atoms with van der Waals surface area (Å²) >= 11 is 0. The number of likely N-dealkylation sites (tertiary alicyclic amines) is 1. The highest BCUT2D eigenvalue weighted by Crippen LogP contribution is 2.38. The van der Waals surface area contributed by atoms with E-state index in [1.807, 2.05) is 0 Å². The van der Waals surface area contributed by atoms with Crippen molar-refractivity contribution in [2.75, 3.05) is 19.6 Å². The molecule has 2 fully saturated rings. The predicted molar refractivity (Wildman–Crippen MR) is 55.5 cm³/mol. The van der Waals surface area contributed by atoms with Crippen LogP contribution in [0.2, 0.25) is 0 Å². The third-order valence-corrected chi connectivity index (χ3v) is 3.22. The molecule has 1 unspecified atom stereocenters. The summed E-state index contributed by atoms with van der Waals surface area (Å²) in [6.07, 6.45) is 2.61. The molecule has 74 valence electrons. The van der Waals surface area contributed by atoms with Gasteiger partial charge in [0.15, 0.2) is 0 Å². The third-order valence-electron chi connectivity index (χ3n) is 3.22. The van der Waals surface area contributed by atoms with Crippen LogP contribution in [0.3, 0.4) is 0 Å². The van der Waals surface area contributed by atoms with Crippen molar-refractivity contribution < 1.29 is 0 Å². The second-order valence-electron chi connectivity index (χ2n) is 4.83. The van der Waals surface area contributed by atoms with Crippen molar-refractivity contribution in [1.29, 1.82) is 0 Å². The topological polar surface area (TPSA) is 15.3 Å². The lowest BCUT2D eigenvalue weighted by molar-refractivity contribution is 0.116. The molecule has 0 aromatic rings. The zero-order valence-corrected chi connectivity index (χ0v) is 8.77. The van der Waals surface area contributed by atoms with Crippen molar-refractivity contribution in [1.82, 2.24) is 10.2 Å². The smallest absolute Gasteiger partial charge is 0.0756 e. The summed E-state index contributed by atoms with van der Waals surface area (Å²) in [6, 6.07) is 0. The maximum absolute atomic E-state index is 4.19. The van der Waals surface area contributed by atoms with Gasteiger partial charge in [-0.25, -0.2) is 0 Å². The molecule has 0 saturated carbocycles. The summed E-state index contributed by atoms with van der Waals surface area (Å²) in [5.74, 6) is 0.746. The first-order valence-corrected chi connectivity index (χ1v) is 5.33. The Morgan fingerprint density at radius 1 is 1.62 bits per heavy atom. The Balaban J connectivity index is 1.92. The third kappa shape index (κ3) is 1.37. The van der Waals surface area contributed by atoms with Gasteiger partial charge in [-0.2, -0.15) is 0 Å². The Bertz CT molecular complexity index is 214. The number of rotatable bonds is 2. The van der Waals surface area contributed by atoms with E-state index >= 15 is 0 Å². The SMILES string of the molecule is C=C1N(CC(C)C)CC12CCCN2. The summed E-state index contributed by atoms with van der Waals surface area (Å²) in [7, 11) is 0. The van der Waals surface area contributed by atoms with Crippen molar-refractivity contribution in [3.05, 3.63) is 12.3 Å². The summed E-state index contributed by atoms with van der Waals surface area (Å²) in [4.78, 5) is 2.42. The summed E-state index contributed by atoms with van der Waals surface area (Å²) in [5, 5.41) is 3.58. The van der Waals surface area contributed by atoms with E-state index in [0.717, 1.165) is 5.92 Å². The van der Waals surface area contributed by atoms with E-state index in [4.69, 9.17) is 0 Å². The molecule has 0 bridgehead atoms. The lowest BCUT2D eigenvalue weighted by atomic mass is 9.84. The molecular weight excluding hydrogens is 160 g/mol. The van der Waals surface area contributed by atoms with Gasteiger partial charge in [-0.15, -0.1) is 0 Å². The number of nitrogens with zero attached hydrogens (tertiary/aromatic N) is 1. The lowest BCUT2D eigenvalue weighted by Gasteiger charge is -2.52. The van der Waals surface area contributed by atoms with Crippen LogP contribution in [0.15, 0.2) is 12.3 Å². The van der Waals surface area contributed by atoms with E-state index in [0.29, 0.717) is 5.54 Å². The highest BCUT2D eigenvalue weighted by Gasteiger charge is 2.47. The van der Waals surface area contributed by atoms with Crippen LogP contribution in [-0.2, 0) is 0 Å². The van der Waals surface area contributed by atoms with Crippen LogP contribution < -0.4 is 5.32 Å². The van der Waals surface area contributed by atoms with E-state index in [2.05, 4.69) is 30.6 Å². The fourth-order valence-corrected chi connectivity index (χ4v) is 2.53. The Morgan fingerprint density at radius 3 is 2.85 bits per heavy atom. The van der Waals surface area contributed by atoms with E-state index in [1.165, 1.54) is 38.2 Å². The van der Waals surface area contributed by atoms with Crippen LogP contribution in [0.25, 0.3) is 0 Å². The first-order chi connectivity index (χ1) is 6.14. The largest absolute Gasteiger partial charge is 0.371 e. The van der Waals surface area contributed by atoms with E-state index in [1.54, 1.807) is 0 Å². The molecule has 2 heteroatoms. The van der Waals surface area contributed by atoms with Crippen LogP contribution in [0.4, 0.5) is 0 Å². The molecule has 2 saturated heterocycles. The van der Waals surface area contributed by atoms with Gasteiger partial charge >= 0.3 is 0 Å². The van der Waals surface area contributed by atoms with Crippen molar-refractivity contribution >= 4 is 0 Å². The fourth-order valence-electron chi connectivity index (χ4n) is 2.53. The molecule has 0 aliphatic carbocycles. The molecule has 2 nitrogen and oxygen atoms in total. The minimum atomic E-state index is 0.314. The van der Waals surface area contributed by atoms with Crippen LogP contribution in [0, 0.1) is 5.92 Å². The lowest BCUT2D eigenvalue weighted by Crippen LogP contribution is -2.64. The molecule has 1 N–H and O–H groups in total. The maximum Gasteiger partial charge on any atom is 0.0756 e. The second kappa shape index (κ2) is 3.02. The molecule has 0 aromatic carbocycles. The molecule has 2 heterocycles. The van der Waals surface area contributed by atoms with Crippen molar-refractivity contribution in [3.63, 3.8) is 0 Å². The highest BCUT2D eigenvalue weighted by molar-refractivity contribution is 5.28. The Hall–Kier alpha value is -0.500. The molecule has 2 rings (SSSR count). The number of hydrogen-bond acceptors (Lipinski definition) is 2. The van der Waals surface area contributed by atoms with Gasteiger partial charge in [-0.3, -0.25) is 0 Å².